The molecule has 0 aliphatic carbocycles. The number of carbonyl (C=O) groups is 2. The zero-order valence-electron chi connectivity index (χ0n) is 15.5. The van der Waals surface area contributed by atoms with Gasteiger partial charge < -0.3 is 26.8 Å². The van der Waals surface area contributed by atoms with Crippen molar-refractivity contribution >= 4 is 30.1 Å². The molecule has 2 unspecified atom stereocenters. The van der Waals surface area contributed by atoms with Crippen LogP contribution in [0.5, 0.6) is 0 Å². The third-order valence-corrected chi connectivity index (χ3v) is 7.40. The molecule has 2 amide bonds. The lowest BCUT2D eigenvalue weighted by Crippen LogP contribution is -2.37. The van der Waals surface area contributed by atoms with E-state index in [-0.39, 0.29) is 25.3 Å². The van der Waals surface area contributed by atoms with Crippen LogP contribution in [0.25, 0.3) is 0 Å². The van der Waals surface area contributed by atoms with Gasteiger partial charge in [-0.25, -0.2) is 4.79 Å². The van der Waals surface area contributed by atoms with E-state index in [0.717, 1.165) is 11.1 Å². The highest BCUT2D eigenvalue weighted by molar-refractivity contribution is 8.12. The van der Waals surface area contributed by atoms with E-state index >= 15 is 0 Å². The van der Waals surface area contributed by atoms with E-state index in [1.165, 1.54) is 0 Å². The topological polar surface area (TPSA) is 137 Å². The number of nitrogens with one attached hydrogen (secondary N) is 1. The van der Waals surface area contributed by atoms with Crippen LogP contribution in [0.3, 0.4) is 0 Å². The summed E-state index contributed by atoms with van der Waals surface area (Å²) in [5.74, 6) is -1.25. The molecule has 0 aliphatic rings. The second kappa shape index (κ2) is 11.6. The van der Waals surface area contributed by atoms with E-state index in [4.69, 9.17) is 22.3 Å². The van der Waals surface area contributed by atoms with E-state index in [0.29, 0.717) is 6.42 Å². The number of alkyl carbamates (subject to hydrolysis) is 1. The number of rotatable bonds is 9. The van der Waals surface area contributed by atoms with E-state index in [2.05, 4.69) is 5.32 Å². The number of benzene rings is 2. The third-order valence-electron chi connectivity index (χ3n) is 3.93. The summed E-state index contributed by atoms with van der Waals surface area (Å²) in [6.45, 7) is 0.111. The first-order valence-corrected chi connectivity index (χ1v) is 11.5. The Morgan fingerprint density at radius 2 is 1.61 bits per heavy atom. The van der Waals surface area contributed by atoms with Crippen molar-refractivity contribution in [2.45, 2.75) is 25.2 Å². The minimum Gasteiger partial charge on any atom is -0.445 e. The molecule has 152 valence electrons. The summed E-state index contributed by atoms with van der Waals surface area (Å²) in [6.07, 6.45) is -3.34. The quantitative estimate of drug-likeness (QED) is 0.458. The minimum absolute atomic E-state index is 0. The van der Waals surface area contributed by atoms with Crippen LogP contribution in [0.4, 0.5) is 4.79 Å². The third kappa shape index (κ3) is 8.19. The van der Waals surface area contributed by atoms with Gasteiger partial charge in [0, 0.05) is 12.6 Å². The first-order chi connectivity index (χ1) is 12.9. The standard InChI is InChI=1S/C19H23N2O4PS.H3N/c20-17(22)11-12-26(24,27)18(13-15-7-3-1-4-8-15)21-19(23)25-14-16-9-5-2-6-10-16;/h1-10,18H,11-14H2,(H2,20,22)(H,21,23)(H,24,27);1H3. The molecule has 2 aromatic carbocycles. The average Bonchev–Trinajstić information content (AvgIpc) is 2.66. The maximum absolute atomic E-state index is 12.2. The first-order valence-electron chi connectivity index (χ1n) is 8.48. The highest BCUT2D eigenvalue weighted by Gasteiger charge is 2.29. The van der Waals surface area contributed by atoms with Gasteiger partial charge in [0.2, 0.25) is 5.91 Å². The van der Waals surface area contributed by atoms with Gasteiger partial charge in [-0.3, -0.25) is 4.79 Å². The average molecular weight is 423 g/mol. The second-order valence-corrected chi connectivity index (χ2v) is 10.6. The second-order valence-electron chi connectivity index (χ2n) is 6.11. The molecule has 28 heavy (non-hydrogen) atoms. The maximum Gasteiger partial charge on any atom is 0.408 e. The van der Waals surface area contributed by atoms with Crippen molar-refractivity contribution in [3.63, 3.8) is 0 Å². The van der Waals surface area contributed by atoms with Crippen molar-refractivity contribution in [2.24, 2.45) is 5.73 Å². The number of nitrogens with two attached hydrogens (primary N) is 1. The van der Waals surface area contributed by atoms with Crippen LogP contribution in [0.1, 0.15) is 17.5 Å². The largest absolute Gasteiger partial charge is 0.445 e. The molecule has 2 atom stereocenters. The zero-order chi connectivity index (χ0) is 19.7. The molecule has 2 rings (SSSR count). The van der Waals surface area contributed by atoms with E-state index in [9.17, 15) is 14.5 Å². The van der Waals surface area contributed by atoms with E-state index in [1.54, 1.807) is 0 Å². The number of amides is 2. The van der Waals surface area contributed by atoms with Crippen molar-refractivity contribution in [1.29, 1.82) is 0 Å². The molecule has 0 saturated heterocycles. The predicted molar refractivity (Wildman–Crippen MR) is 114 cm³/mol. The first kappa shape index (κ1) is 23.8. The Labute approximate surface area is 170 Å². The normalized spacial score (nSPS) is 13.5. The lowest BCUT2D eigenvalue weighted by Gasteiger charge is -2.27. The summed E-state index contributed by atoms with van der Waals surface area (Å²) in [5.41, 5.74) is 6.94. The van der Waals surface area contributed by atoms with Gasteiger partial charge in [0.1, 0.15) is 6.61 Å². The molecule has 7 nitrogen and oxygen atoms in total. The number of primary amides is 1. The lowest BCUT2D eigenvalue weighted by molar-refractivity contribution is -0.117. The summed E-state index contributed by atoms with van der Waals surface area (Å²) in [7, 11) is 0. The summed E-state index contributed by atoms with van der Waals surface area (Å²) < 4.78 is 5.24. The molecule has 9 heteroatoms. The molecule has 0 aliphatic heterocycles. The minimum atomic E-state index is -3.05. The fourth-order valence-corrected chi connectivity index (χ4v) is 4.77. The highest BCUT2D eigenvalue weighted by atomic mass is 32.4. The fourth-order valence-electron chi connectivity index (χ4n) is 2.46. The molecular weight excluding hydrogens is 397 g/mol. The number of hydrogen-bond donors (Lipinski definition) is 4. The summed E-state index contributed by atoms with van der Waals surface area (Å²) in [6, 6.07) is 18.6. The maximum atomic E-state index is 12.2. The van der Waals surface area contributed by atoms with Gasteiger partial charge in [-0.05, 0) is 17.5 Å². The predicted octanol–water partition coefficient (Wildman–Crippen LogP) is 2.91. The molecule has 0 fully saturated rings. The zero-order valence-corrected chi connectivity index (χ0v) is 17.2. The summed E-state index contributed by atoms with van der Waals surface area (Å²) in [4.78, 5) is 34.1. The Bertz CT molecular complexity index is 805. The molecule has 2 aromatic rings. The van der Waals surface area contributed by atoms with Crippen LogP contribution in [0, 0.1) is 0 Å². The van der Waals surface area contributed by atoms with Gasteiger partial charge in [0.05, 0.1) is 12.0 Å². The highest BCUT2D eigenvalue weighted by Crippen LogP contribution is 2.47. The molecule has 0 bridgehead atoms. The molecule has 0 aromatic heterocycles. The van der Waals surface area contributed by atoms with Gasteiger partial charge in [-0.1, -0.05) is 72.5 Å². The number of ether oxygens (including phenoxy) is 1. The van der Waals surface area contributed by atoms with Crippen LogP contribution in [0.15, 0.2) is 60.7 Å². The Balaban J connectivity index is 0.00000392. The van der Waals surface area contributed by atoms with Crippen LogP contribution in [-0.2, 0) is 34.4 Å². The van der Waals surface area contributed by atoms with Crippen molar-refractivity contribution in [3.8, 4) is 0 Å². The monoisotopic (exact) mass is 423 g/mol. The van der Waals surface area contributed by atoms with Gasteiger partial charge in [-0.15, -0.1) is 0 Å². The van der Waals surface area contributed by atoms with Crippen molar-refractivity contribution in [1.82, 2.24) is 11.5 Å². The number of carbonyl (C=O) groups excluding carboxylic acids is 2. The molecule has 7 N–H and O–H groups in total. The van der Waals surface area contributed by atoms with Gasteiger partial charge in [-0.2, -0.15) is 0 Å². The Kier molecular flexibility index (Phi) is 9.82. The van der Waals surface area contributed by atoms with E-state index < -0.39 is 24.0 Å². The van der Waals surface area contributed by atoms with Crippen molar-refractivity contribution in [3.05, 3.63) is 71.8 Å². The van der Waals surface area contributed by atoms with Crippen molar-refractivity contribution in [2.75, 3.05) is 6.16 Å². The summed E-state index contributed by atoms with van der Waals surface area (Å²) >= 11 is 5.37. The molecular formula is C19H26N3O4PS. The van der Waals surface area contributed by atoms with Crippen LogP contribution >= 0.6 is 6.26 Å². The molecule has 0 saturated carbocycles. The lowest BCUT2D eigenvalue weighted by atomic mass is 10.1. The van der Waals surface area contributed by atoms with Gasteiger partial charge >= 0.3 is 6.09 Å². The SMILES string of the molecule is N.NC(=O)CCP(O)(=S)C(Cc1ccccc1)NC(=O)OCc1ccccc1. The molecule has 0 radical (unpaired) electrons. The molecule has 0 spiro atoms. The number of hydrogen-bond acceptors (Lipinski definition) is 5. The van der Waals surface area contributed by atoms with Crippen LogP contribution in [-0.4, -0.2) is 28.8 Å². The van der Waals surface area contributed by atoms with Crippen molar-refractivity contribution < 1.29 is 19.2 Å². The van der Waals surface area contributed by atoms with Crippen LogP contribution < -0.4 is 17.2 Å². The Morgan fingerprint density at radius 1 is 1.07 bits per heavy atom. The Morgan fingerprint density at radius 3 is 2.14 bits per heavy atom. The van der Waals surface area contributed by atoms with Crippen LogP contribution in [0.2, 0.25) is 0 Å². The molecule has 0 heterocycles. The van der Waals surface area contributed by atoms with Gasteiger partial charge in [0.25, 0.3) is 0 Å². The Hall–Kier alpha value is -2.25. The summed E-state index contributed by atoms with van der Waals surface area (Å²) in [5, 5.41) is 2.68. The van der Waals surface area contributed by atoms with Gasteiger partial charge in [0.15, 0.2) is 0 Å². The smallest absolute Gasteiger partial charge is 0.408 e. The fraction of sp³-hybridized carbons (Fsp3) is 0.263. The van der Waals surface area contributed by atoms with E-state index in [1.807, 2.05) is 60.7 Å².